The van der Waals surface area contributed by atoms with Gasteiger partial charge in [-0.15, -0.1) is 0 Å². The Balaban J connectivity index is 2.24. The van der Waals surface area contributed by atoms with Crippen LogP contribution in [-0.2, 0) is 9.53 Å². The van der Waals surface area contributed by atoms with E-state index in [2.05, 4.69) is 0 Å². The number of rotatable bonds is 5. The van der Waals surface area contributed by atoms with E-state index >= 15 is 0 Å². The summed E-state index contributed by atoms with van der Waals surface area (Å²) in [6.07, 6.45) is 4.43. The molecule has 1 N–H and O–H groups in total. The van der Waals surface area contributed by atoms with Crippen LogP contribution >= 0.6 is 0 Å². The van der Waals surface area contributed by atoms with Gasteiger partial charge in [-0.2, -0.15) is 0 Å². The molecule has 1 aromatic carbocycles. The Hall–Kier alpha value is -2.01. The van der Waals surface area contributed by atoms with Gasteiger partial charge < -0.3 is 19.3 Å². The van der Waals surface area contributed by atoms with E-state index in [0.717, 1.165) is 25.5 Å². The van der Waals surface area contributed by atoms with Gasteiger partial charge >= 0.3 is 5.97 Å². The maximum atomic E-state index is 10.6. The van der Waals surface area contributed by atoms with Gasteiger partial charge in [0.15, 0.2) is 11.5 Å². The average molecular weight is 278 g/mol. The predicted molar refractivity (Wildman–Crippen MR) is 74.1 cm³/mol. The first-order chi connectivity index (χ1) is 9.70. The van der Waals surface area contributed by atoms with Crippen molar-refractivity contribution in [2.45, 2.75) is 18.9 Å². The molecule has 0 saturated carbocycles. The van der Waals surface area contributed by atoms with Crippen LogP contribution in [0.4, 0.5) is 0 Å². The maximum absolute atomic E-state index is 10.6. The Kier molecular flexibility index (Phi) is 5.01. The highest BCUT2D eigenvalue weighted by Gasteiger charge is 2.19. The fourth-order valence-corrected chi connectivity index (χ4v) is 2.08. The van der Waals surface area contributed by atoms with Crippen molar-refractivity contribution in [3.8, 4) is 11.5 Å². The molecule has 0 radical (unpaired) electrons. The molecule has 20 heavy (non-hydrogen) atoms. The Morgan fingerprint density at radius 2 is 2.35 bits per heavy atom. The molecule has 1 atom stereocenters. The SMILES string of the molecule is COc1cccc(/C=C/C(=O)O)c1OC1CCCOC1. The lowest BCUT2D eigenvalue weighted by Gasteiger charge is -2.25. The average Bonchev–Trinajstić information content (AvgIpc) is 2.47. The van der Waals surface area contributed by atoms with Crippen molar-refractivity contribution < 1.29 is 24.1 Å². The van der Waals surface area contributed by atoms with Gasteiger partial charge in [-0.3, -0.25) is 0 Å². The van der Waals surface area contributed by atoms with Crippen molar-refractivity contribution in [1.82, 2.24) is 0 Å². The number of benzene rings is 1. The van der Waals surface area contributed by atoms with E-state index in [-0.39, 0.29) is 6.10 Å². The number of methoxy groups -OCH3 is 1. The molecule has 0 spiro atoms. The second-order valence-corrected chi connectivity index (χ2v) is 4.51. The van der Waals surface area contributed by atoms with Crippen molar-refractivity contribution in [3.05, 3.63) is 29.8 Å². The summed E-state index contributed by atoms with van der Waals surface area (Å²) in [4.78, 5) is 10.6. The zero-order chi connectivity index (χ0) is 14.4. The molecule has 1 saturated heterocycles. The third-order valence-corrected chi connectivity index (χ3v) is 3.04. The lowest BCUT2D eigenvalue weighted by molar-refractivity contribution is -0.131. The van der Waals surface area contributed by atoms with E-state index in [0.29, 0.717) is 23.7 Å². The van der Waals surface area contributed by atoms with Gasteiger partial charge in [-0.1, -0.05) is 12.1 Å². The molecule has 1 aliphatic heterocycles. The number of para-hydroxylation sites is 1. The van der Waals surface area contributed by atoms with Crippen LogP contribution in [0.3, 0.4) is 0 Å². The number of carboxylic acids is 1. The van der Waals surface area contributed by atoms with Crippen LogP contribution in [-0.4, -0.2) is 37.5 Å². The minimum atomic E-state index is -1.00. The van der Waals surface area contributed by atoms with Gasteiger partial charge in [0.2, 0.25) is 0 Å². The van der Waals surface area contributed by atoms with Crippen molar-refractivity contribution >= 4 is 12.0 Å². The minimum Gasteiger partial charge on any atom is -0.493 e. The van der Waals surface area contributed by atoms with Crippen LogP contribution < -0.4 is 9.47 Å². The quantitative estimate of drug-likeness (QED) is 0.837. The molecular formula is C15H18O5. The smallest absolute Gasteiger partial charge is 0.328 e. The summed E-state index contributed by atoms with van der Waals surface area (Å²) in [6.45, 7) is 1.30. The zero-order valence-electron chi connectivity index (χ0n) is 11.4. The summed E-state index contributed by atoms with van der Waals surface area (Å²) < 4.78 is 16.6. The summed E-state index contributed by atoms with van der Waals surface area (Å²) in [6, 6.07) is 5.38. The molecule has 2 rings (SSSR count). The Labute approximate surface area is 117 Å². The third kappa shape index (κ3) is 3.74. The number of ether oxygens (including phenoxy) is 3. The van der Waals surface area contributed by atoms with Crippen LogP contribution in [0.25, 0.3) is 6.08 Å². The molecule has 0 aromatic heterocycles. The molecule has 0 bridgehead atoms. The fourth-order valence-electron chi connectivity index (χ4n) is 2.08. The van der Waals surface area contributed by atoms with Gasteiger partial charge in [0.05, 0.1) is 13.7 Å². The Morgan fingerprint density at radius 1 is 1.50 bits per heavy atom. The molecule has 0 aliphatic carbocycles. The minimum absolute atomic E-state index is 0.0305. The fraction of sp³-hybridized carbons (Fsp3) is 0.400. The molecule has 1 fully saturated rings. The molecule has 1 aromatic rings. The van der Waals surface area contributed by atoms with Crippen LogP contribution in [0, 0.1) is 0 Å². The van der Waals surface area contributed by atoms with Crippen molar-refractivity contribution in [1.29, 1.82) is 0 Å². The molecular weight excluding hydrogens is 260 g/mol. The van der Waals surface area contributed by atoms with E-state index in [9.17, 15) is 4.79 Å². The summed E-state index contributed by atoms with van der Waals surface area (Å²) >= 11 is 0. The standard InChI is InChI=1S/C15H18O5/c1-18-13-6-2-4-11(7-8-14(16)17)15(13)20-12-5-3-9-19-10-12/h2,4,6-8,12H,3,5,9-10H2,1H3,(H,16,17)/b8-7+. The topological polar surface area (TPSA) is 65.0 Å². The van der Waals surface area contributed by atoms with Crippen LogP contribution in [0.15, 0.2) is 24.3 Å². The van der Waals surface area contributed by atoms with Crippen LogP contribution in [0.5, 0.6) is 11.5 Å². The highest BCUT2D eigenvalue weighted by Crippen LogP contribution is 2.33. The van der Waals surface area contributed by atoms with Gasteiger partial charge in [0.25, 0.3) is 0 Å². The van der Waals surface area contributed by atoms with Gasteiger partial charge in [0, 0.05) is 18.2 Å². The molecule has 0 amide bonds. The highest BCUT2D eigenvalue weighted by molar-refractivity contribution is 5.86. The number of hydrogen-bond donors (Lipinski definition) is 1. The second kappa shape index (κ2) is 6.96. The number of hydrogen-bond acceptors (Lipinski definition) is 4. The van der Waals surface area contributed by atoms with Crippen LogP contribution in [0.1, 0.15) is 18.4 Å². The summed E-state index contributed by atoms with van der Waals surface area (Å²) in [5.41, 5.74) is 0.678. The summed E-state index contributed by atoms with van der Waals surface area (Å²) in [7, 11) is 1.56. The summed E-state index contributed by atoms with van der Waals surface area (Å²) in [5.74, 6) is 0.144. The molecule has 108 valence electrons. The monoisotopic (exact) mass is 278 g/mol. The maximum Gasteiger partial charge on any atom is 0.328 e. The Morgan fingerprint density at radius 3 is 3.00 bits per heavy atom. The first-order valence-corrected chi connectivity index (χ1v) is 6.53. The van der Waals surface area contributed by atoms with Crippen molar-refractivity contribution in [2.75, 3.05) is 20.3 Å². The van der Waals surface area contributed by atoms with Crippen LogP contribution in [0.2, 0.25) is 0 Å². The van der Waals surface area contributed by atoms with E-state index in [1.807, 2.05) is 0 Å². The number of carbonyl (C=O) groups is 1. The third-order valence-electron chi connectivity index (χ3n) is 3.04. The lowest BCUT2D eigenvalue weighted by atomic mass is 10.1. The van der Waals surface area contributed by atoms with Gasteiger partial charge in [0.1, 0.15) is 6.10 Å². The van der Waals surface area contributed by atoms with Crippen molar-refractivity contribution in [3.63, 3.8) is 0 Å². The van der Waals surface area contributed by atoms with E-state index < -0.39 is 5.97 Å². The largest absolute Gasteiger partial charge is 0.493 e. The Bertz CT molecular complexity index is 489. The molecule has 5 heteroatoms. The van der Waals surface area contributed by atoms with E-state index in [1.54, 1.807) is 25.3 Å². The molecule has 1 unspecified atom stereocenters. The zero-order valence-corrected chi connectivity index (χ0v) is 11.4. The van der Waals surface area contributed by atoms with E-state index in [1.165, 1.54) is 6.08 Å². The normalized spacial score (nSPS) is 18.9. The molecule has 1 aliphatic rings. The van der Waals surface area contributed by atoms with Crippen molar-refractivity contribution in [2.24, 2.45) is 0 Å². The molecule has 1 heterocycles. The second-order valence-electron chi connectivity index (χ2n) is 4.51. The number of aliphatic carboxylic acids is 1. The number of carboxylic acid groups (broad SMARTS) is 1. The lowest BCUT2D eigenvalue weighted by Crippen LogP contribution is -2.28. The van der Waals surface area contributed by atoms with Gasteiger partial charge in [-0.25, -0.2) is 4.79 Å². The van der Waals surface area contributed by atoms with Gasteiger partial charge in [-0.05, 0) is 25.0 Å². The predicted octanol–water partition coefficient (Wildman–Crippen LogP) is 2.35. The first-order valence-electron chi connectivity index (χ1n) is 6.53. The highest BCUT2D eigenvalue weighted by atomic mass is 16.5. The van der Waals surface area contributed by atoms with E-state index in [4.69, 9.17) is 19.3 Å². The molecule has 5 nitrogen and oxygen atoms in total. The first kappa shape index (κ1) is 14.4. The summed E-state index contributed by atoms with van der Waals surface area (Å²) in [5, 5.41) is 8.73.